The van der Waals surface area contributed by atoms with E-state index in [0.717, 1.165) is 11.3 Å². The molecule has 26 heavy (non-hydrogen) atoms. The van der Waals surface area contributed by atoms with Gasteiger partial charge in [0, 0.05) is 11.7 Å². The molecule has 0 heterocycles. The smallest absolute Gasteiger partial charge is 0.307 e. The van der Waals surface area contributed by atoms with Crippen LogP contribution < -0.4 is 10.1 Å². The van der Waals surface area contributed by atoms with Gasteiger partial charge in [0.2, 0.25) is 0 Å². The van der Waals surface area contributed by atoms with Gasteiger partial charge in [-0.25, -0.2) is 0 Å². The summed E-state index contributed by atoms with van der Waals surface area (Å²) in [5.74, 6) is -0.687. The molecule has 0 aromatic heterocycles. The maximum Gasteiger partial charge on any atom is 0.307 e. The number of carboxylic acid groups (broad SMARTS) is 1. The van der Waals surface area contributed by atoms with Gasteiger partial charge in [-0.05, 0) is 55.3 Å². The normalized spacial score (nSPS) is 10.5. The molecule has 0 radical (unpaired) electrons. The first kappa shape index (κ1) is 19.9. The highest BCUT2D eigenvalue weighted by Gasteiger charge is 2.12. The van der Waals surface area contributed by atoms with Gasteiger partial charge in [-0.1, -0.05) is 23.2 Å². The monoisotopic (exact) mass is 392 g/mol. The predicted molar refractivity (Wildman–Crippen MR) is 102 cm³/mol. The molecule has 0 amide bonds. The van der Waals surface area contributed by atoms with Crippen LogP contribution in [0.15, 0.2) is 30.3 Å². The lowest BCUT2D eigenvalue weighted by Gasteiger charge is -2.14. The van der Waals surface area contributed by atoms with Crippen LogP contribution in [0.3, 0.4) is 0 Å². The molecule has 7 heteroatoms. The van der Waals surface area contributed by atoms with Gasteiger partial charge in [0.15, 0.2) is 5.75 Å². The van der Waals surface area contributed by atoms with E-state index in [1.807, 2.05) is 19.9 Å². The van der Waals surface area contributed by atoms with Crippen LogP contribution in [0.25, 0.3) is 0 Å². The molecule has 0 unspecified atom stereocenters. The second-order valence-electron chi connectivity index (χ2n) is 6.08. The van der Waals surface area contributed by atoms with Crippen molar-refractivity contribution in [3.63, 3.8) is 0 Å². The van der Waals surface area contributed by atoms with Crippen molar-refractivity contribution < 1.29 is 14.6 Å². The van der Waals surface area contributed by atoms with E-state index in [-0.39, 0.29) is 34.9 Å². The molecule has 0 saturated carbocycles. The number of nitrogens with zero attached hydrogens (tertiary/aromatic N) is 1. The number of hydrogen-bond donors (Lipinski definition) is 2. The quantitative estimate of drug-likeness (QED) is 0.700. The Balaban J connectivity index is 2.20. The molecule has 136 valence electrons. The highest BCUT2D eigenvalue weighted by atomic mass is 35.5. The second kappa shape index (κ2) is 8.79. The number of nitrogens with one attached hydrogen (secondary N) is 1. The van der Waals surface area contributed by atoms with E-state index >= 15 is 0 Å². The maximum absolute atomic E-state index is 10.8. The zero-order chi connectivity index (χ0) is 19.3. The average Bonchev–Trinajstić information content (AvgIpc) is 2.52. The molecular formula is C19H18Cl2N2O3. The molecule has 0 fully saturated rings. The Hall–Kier alpha value is -2.42. The lowest BCUT2D eigenvalue weighted by atomic mass is 10.1. The Morgan fingerprint density at radius 3 is 2.38 bits per heavy atom. The highest BCUT2D eigenvalue weighted by Crippen LogP contribution is 2.35. The zero-order valence-corrected chi connectivity index (χ0v) is 15.9. The molecule has 2 aromatic carbocycles. The number of nitriles is 1. The average molecular weight is 393 g/mol. The van der Waals surface area contributed by atoms with Gasteiger partial charge >= 0.3 is 5.97 Å². The summed E-state index contributed by atoms with van der Waals surface area (Å²) in [5.41, 5.74) is 2.62. The Morgan fingerprint density at radius 1 is 1.19 bits per heavy atom. The van der Waals surface area contributed by atoms with Crippen molar-refractivity contribution in [2.45, 2.75) is 32.9 Å². The summed E-state index contributed by atoms with van der Waals surface area (Å²) in [6.07, 6.45) is -0.172. The van der Waals surface area contributed by atoms with Crippen molar-refractivity contribution in [1.82, 2.24) is 0 Å². The molecule has 0 atom stereocenters. The van der Waals surface area contributed by atoms with Gasteiger partial charge < -0.3 is 15.2 Å². The van der Waals surface area contributed by atoms with Crippen molar-refractivity contribution >= 4 is 34.9 Å². The largest absolute Gasteiger partial charge is 0.486 e. The molecule has 2 rings (SSSR count). The van der Waals surface area contributed by atoms with Gasteiger partial charge in [-0.15, -0.1) is 0 Å². The SMILES string of the molecule is CC(C)Nc1cc(C#N)cc(COc2c(Cl)cc(CC(=O)O)cc2Cl)c1. The van der Waals surface area contributed by atoms with Crippen LogP contribution in [0.1, 0.15) is 30.5 Å². The minimum atomic E-state index is -0.968. The summed E-state index contributed by atoms with van der Waals surface area (Å²) < 4.78 is 5.72. The van der Waals surface area contributed by atoms with Crippen LogP contribution in [-0.4, -0.2) is 17.1 Å². The Labute approximate surface area is 162 Å². The van der Waals surface area contributed by atoms with E-state index < -0.39 is 5.97 Å². The standard InChI is InChI=1S/C19H18Cl2N2O3/c1-11(2)23-15-4-13(9-22)3-14(5-15)10-26-19-16(20)6-12(7-17(19)21)8-18(24)25/h3-7,11,23H,8,10H2,1-2H3,(H,24,25). The number of anilines is 1. The van der Waals surface area contributed by atoms with Crippen LogP contribution in [0.2, 0.25) is 10.0 Å². The fourth-order valence-electron chi connectivity index (χ4n) is 2.44. The summed E-state index contributed by atoms with van der Waals surface area (Å²) in [4.78, 5) is 10.8. The first-order valence-electron chi connectivity index (χ1n) is 7.91. The number of benzene rings is 2. The first-order valence-corrected chi connectivity index (χ1v) is 8.67. The fourth-order valence-corrected chi connectivity index (χ4v) is 3.08. The lowest BCUT2D eigenvalue weighted by Crippen LogP contribution is -2.10. The van der Waals surface area contributed by atoms with Crippen LogP contribution >= 0.6 is 23.2 Å². The van der Waals surface area contributed by atoms with E-state index in [2.05, 4.69) is 11.4 Å². The van der Waals surface area contributed by atoms with Crippen molar-refractivity contribution in [1.29, 1.82) is 5.26 Å². The summed E-state index contributed by atoms with van der Waals surface area (Å²) >= 11 is 12.4. The zero-order valence-electron chi connectivity index (χ0n) is 14.3. The maximum atomic E-state index is 10.8. The molecule has 0 saturated heterocycles. The third-order valence-corrected chi connectivity index (χ3v) is 3.94. The van der Waals surface area contributed by atoms with Crippen LogP contribution in [0.4, 0.5) is 5.69 Å². The lowest BCUT2D eigenvalue weighted by molar-refractivity contribution is -0.136. The molecule has 0 spiro atoms. The van der Waals surface area contributed by atoms with Gasteiger partial charge in [-0.2, -0.15) is 5.26 Å². The summed E-state index contributed by atoms with van der Waals surface area (Å²) in [5, 5.41) is 21.8. The topological polar surface area (TPSA) is 82.3 Å². The Morgan fingerprint density at radius 2 is 1.85 bits per heavy atom. The first-order chi connectivity index (χ1) is 12.3. The van der Waals surface area contributed by atoms with Crippen LogP contribution in [0.5, 0.6) is 5.75 Å². The summed E-state index contributed by atoms with van der Waals surface area (Å²) in [6.45, 7) is 4.18. The van der Waals surface area contributed by atoms with Gasteiger partial charge in [0.05, 0.1) is 28.1 Å². The molecule has 0 aliphatic rings. The van der Waals surface area contributed by atoms with Crippen molar-refractivity contribution in [3.8, 4) is 11.8 Å². The predicted octanol–water partition coefficient (Wildman–Crippen LogP) is 4.89. The number of carbonyl (C=O) groups is 1. The molecule has 0 aliphatic carbocycles. The molecule has 2 N–H and O–H groups in total. The fraction of sp³-hybridized carbons (Fsp3) is 0.263. The molecule has 5 nitrogen and oxygen atoms in total. The highest BCUT2D eigenvalue weighted by molar-refractivity contribution is 6.37. The number of ether oxygens (including phenoxy) is 1. The van der Waals surface area contributed by atoms with Crippen molar-refractivity contribution in [3.05, 3.63) is 57.1 Å². The van der Waals surface area contributed by atoms with Crippen molar-refractivity contribution in [2.75, 3.05) is 5.32 Å². The number of rotatable bonds is 7. The number of halogens is 2. The molecule has 0 aliphatic heterocycles. The number of aliphatic carboxylic acids is 1. The van der Waals surface area contributed by atoms with E-state index in [4.69, 9.17) is 33.0 Å². The van der Waals surface area contributed by atoms with Gasteiger partial charge in [0.1, 0.15) is 6.61 Å². The second-order valence-corrected chi connectivity index (χ2v) is 6.89. The number of carboxylic acids is 1. The third kappa shape index (κ3) is 5.55. The van der Waals surface area contributed by atoms with E-state index in [0.29, 0.717) is 11.1 Å². The summed E-state index contributed by atoms with van der Waals surface area (Å²) in [7, 11) is 0. The van der Waals surface area contributed by atoms with Crippen molar-refractivity contribution in [2.24, 2.45) is 0 Å². The third-order valence-electron chi connectivity index (χ3n) is 3.37. The molecular weight excluding hydrogens is 375 g/mol. The van der Waals surface area contributed by atoms with E-state index in [9.17, 15) is 10.1 Å². The van der Waals surface area contributed by atoms with Crippen LogP contribution in [0, 0.1) is 11.3 Å². The van der Waals surface area contributed by atoms with Gasteiger partial charge in [-0.3, -0.25) is 4.79 Å². The number of hydrogen-bond acceptors (Lipinski definition) is 4. The Kier molecular flexibility index (Phi) is 6.73. The van der Waals surface area contributed by atoms with Gasteiger partial charge in [0.25, 0.3) is 0 Å². The van der Waals surface area contributed by atoms with Crippen LogP contribution in [-0.2, 0) is 17.8 Å². The molecule has 0 bridgehead atoms. The minimum absolute atomic E-state index is 0.167. The summed E-state index contributed by atoms with van der Waals surface area (Å²) in [6, 6.07) is 10.8. The van der Waals surface area contributed by atoms with E-state index in [1.54, 1.807) is 12.1 Å². The molecule has 2 aromatic rings. The minimum Gasteiger partial charge on any atom is -0.486 e. The van der Waals surface area contributed by atoms with E-state index in [1.165, 1.54) is 12.1 Å². The Bertz CT molecular complexity index is 837.